The molecule has 1 heterocycles. The zero-order chi connectivity index (χ0) is 46.3. The molecule has 2 unspecified atom stereocenters. The Kier molecular flexibility index (Phi) is 20.3. The van der Waals surface area contributed by atoms with Gasteiger partial charge in [-0.3, -0.25) is 28.9 Å². The fourth-order valence-corrected chi connectivity index (χ4v) is 8.27. The topological polar surface area (TPSA) is 196 Å². The highest BCUT2D eigenvalue weighted by Gasteiger charge is 2.42. The quantitative estimate of drug-likeness (QED) is 0.131. The first-order chi connectivity index (χ1) is 29.4. The first-order valence-electron chi connectivity index (χ1n) is 21.5. The molecule has 0 radical (unpaired) electrons. The molecule has 0 bridgehead atoms. The number of hydrogen-bond donors (Lipinski definition) is 4. The second-order valence-electron chi connectivity index (χ2n) is 16.7. The highest BCUT2D eigenvalue weighted by molar-refractivity contribution is 5.90. The van der Waals surface area contributed by atoms with Crippen molar-refractivity contribution < 1.29 is 48.1 Å². The van der Waals surface area contributed by atoms with E-state index in [1.165, 1.54) is 38.0 Å². The van der Waals surface area contributed by atoms with Crippen LogP contribution in [0.5, 0.6) is 0 Å². The summed E-state index contributed by atoms with van der Waals surface area (Å²) >= 11 is 0. The number of methoxy groups -OCH3 is 2. The van der Waals surface area contributed by atoms with Gasteiger partial charge in [0.25, 0.3) is 0 Å². The van der Waals surface area contributed by atoms with Crippen LogP contribution in [0.25, 0.3) is 0 Å². The Morgan fingerprint density at radius 3 is 2.10 bits per heavy atom. The van der Waals surface area contributed by atoms with Crippen LogP contribution in [0.4, 0.5) is 10.5 Å². The van der Waals surface area contributed by atoms with Gasteiger partial charge in [0.2, 0.25) is 29.5 Å². The number of nitrogens with one attached hydrogen (secondary N) is 3. The van der Waals surface area contributed by atoms with E-state index < -0.39 is 60.3 Å². The van der Waals surface area contributed by atoms with Crippen molar-refractivity contribution in [1.82, 2.24) is 25.3 Å². The first kappa shape index (κ1) is 51.3. The Morgan fingerprint density at radius 1 is 0.887 bits per heavy atom. The molecule has 1 aliphatic heterocycles. The van der Waals surface area contributed by atoms with E-state index in [2.05, 4.69) is 16.0 Å². The minimum absolute atomic E-state index is 0.0366. The van der Waals surface area contributed by atoms with Crippen LogP contribution < -0.4 is 16.0 Å². The number of nitrogens with zero attached hydrogens (tertiary/aromatic N) is 3. The number of aliphatic hydroxyl groups is 1. The molecule has 9 atom stereocenters. The highest BCUT2D eigenvalue weighted by Crippen LogP contribution is 2.30. The molecular formula is C46H70N6O10. The smallest absolute Gasteiger partial charge is 0.410 e. The van der Waals surface area contributed by atoms with E-state index in [0.717, 1.165) is 6.42 Å². The molecule has 0 spiro atoms. The van der Waals surface area contributed by atoms with Crippen LogP contribution in [-0.2, 0) is 44.8 Å². The van der Waals surface area contributed by atoms with Crippen molar-refractivity contribution >= 4 is 41.3 Å². The van der Waals surface area contributed by atoms with Crippen LogP contribution in [0.15, 0.2) is 54.6 Å². The van der Waals surface area contributed by atoms with Gasteiger partial charge in [-0.05, 0) is 54.9 Å². The van der Waals surface area contributed by atoms with Crippen LogP contribution in [0.1, 0.15) is 91.4 Å². The summed E-state index contributed by atoms with van der Waals surface area (Å²) in [5, 5.41) is 19.2. The van der Waals surface area contributed by atoms with Crippen molar-refractivity contribution in [2.24, 2.45) is 17.8 Å². The molecule has 16 heteroatoms. The lowest BCUT2D eigenvalue weighted by atomic mass is 9.90. The molecule has 1 fully saturated rings. The fourth-order valence-electron chi connectivity index (χ4n) is 8.27. The van der Waals surface area contributed by atoms with Gasteiger partial charge in [-0.1, -0.05) is 83.5 Å². The number of hydrogen-bond acceptors (Lipinski definition) is 10. The van der Waals surface area contributed by atoms with Crippen LogP contribution in [0.3, 0.4) is 0 Å². The van der Waals surface area contributed by atoms with E-state index in [4.69, 9.17) is 14.2 Å². The lowest BCUT2D eigenvalue weighted by Crippen LogP contribution is -2.56. The molecule has 2 aromatic rings. The Labute approximate surface area is 367 Å². The second kappa shape index (κ2) is 24.5. The van der Waals surface area contributed by atoms with Gasteiger partial charge in [0.15, 0.2) is 0 Å². The third-order valence-electron chi connectivity index (χ3n) is 11.9. The van der Waals surface area contributed by atoms with Crippen molar-refractivity contribution in [3.8, 4) is 0 Å². The van der Waals surface area contributed by atoms with Crippen molar-refractivity contribution in [1.29, 1.82) is 0 Å². The standard InChI is InChI=1S/C46H70N6O10/c1-12-29(4)41(50(8)39(55)26-47-45(58)40(28(2)3)51(9)46(59)62-27-33-20-22-35(23-21-33)49-32(7)53)37(60-10)25-38(54)52-24-16-19-36(52)43(61-11)30(5)44(57)48-31(6)42(56)34-17-14-13-15-18-34/h13-15,17-18,20-23,28-31,36-37,40-43,56H,12,16,19,24-27H2,1-11H3,(H,47,58)(H,48,57)(H,49,53)/t29-,30+,31+,36-,37+,40?,41?,42+,43+/m0/s1. The van der Waals surface area contributed by atoms with Gasteiger partial charge in [-0.15, -0.1) is 0 Å². The van der Waals surface area contributed by atoms with E-state index in [9.17, 15) is 33.9 Å². The van der Waals surface area contributed by atoms with Gasteiger partial charge in [-0.2, -0.15) is 0 Å². The fraction of sp³-hybridized carbons (Fsp3) is 0.609. The second-order valence-corrected chi connectivity index (χ2v) is 16.7. The van der Waals surface area contributed by atoms with Crippen LogP contribution in [-0.4, -0.2) is 133 Å². The summed E-state index contributed by atoms with van der Waals surface area (Å²) in [4.78, 5) is 83.9. The SMILES string of the molecule is CC[C@H](C)C([C@@H](CC(=O)N1CCC[C@H]1[C@H](OC)[C@@H](C)C(=O)N[C@H](C)[C@@H](O)c1ccccc1)OC)N(C)C(=O)CNC(=O)C(C(C)C)N(C)C(=O)OCc1ccc(NC(C)=O)cc1. The van der Waals surface area contributed by atoms with Gasteiger partial charge >= 0.3 is 6.09 Å². The monoisotopic (exact) mass is 867 g/mol. The molecule has 0 aromatic heterocycles. The van der Waals surface area contributed by atoms with E-state index in [-0.39, 0.29) is 55.2 Å². The highest BCUT2D eigenvalue weighted by atomic mass is 16.6. The van der Waals surface area contributed by atoms with Crippen LogP contribution >= 0.6 is 0 Å². The van der Waals surface area contributed by atoms with Gasteiger partial charge in [-0.25, -0.2) is 4.79 Å². The van der Waals surface area contributed by atoms with Crippen molar-refractivity contribution in [3.05, 3.63) is 65.7 Å². The molecule has 344 valence electrons. The molecule has 4 N–H and O–H groups in total. The summed E-state index contributed by atoms with van der Waals surface area (Å²) in [6, 6.07) is 13.5. The van der Waals surface area contributed by atoms with Crippen molar-refractivity contribution in [3.63, 3.8) is 0 Å². The minimum Gasteiger partial charge on any atom is -0.445 e. The number of carbonyl (C=O) groups excluding carboxylic acids is 6. The van der Waals surface area contributed by atoms with Crippen molar-refractivity contribution in [2.75, 3.05) is 46.7 Å². The molecule has 6 amide bonds. The predicted molar refractivity (Wildman–Crippen MR) is 235 cm³/mol. The lowest BCUT2D eigenvalue weighted by molar-refractivity contribution is -0.146. The maximum atomic E-state index is 14.2. The van der Waals surface area contributed by atoms with Gasteiger partial charge in [0.05, 0.1) is 55.3 Å². The molecule has 0 saturated carbocycles. The summed E-state index contributed by atoms with van der Waals surface area (Å²) in [7, 11) is 6.13. The zero-order valence-electron chi connectivity index (χ0n) is 38.4. The molecule has 0 aliphatic carbocycles. The van der Waals surface area contributed by atoms with Gasteiger partial charge < -0.3 is 45.1 Å². The van der Waals surface area contributed by atoms with Crippen LogP contribution in [0.2, 0.25) is 0 Å². The number of rotatable bonds is 22. The van der Waals surface area contributed by atoms with E-state index in [1.807, 2.05) is 32.0 Å². The molecule has 3 rings (SSSR count). The maximum Gasteiger partial charge on any atom is 0.410 e. The molecular weight excluding hydrogens is 797 g/mol. The van der Waals surface area contributed by atoms with Gasteiger partial charge in [0, 0.05) is 47.5 Å². The largest absolute Gasteiger partial charge is 0.445 e. The average Bonchev–Trinajstić information content (AvgIpc) is 3.74. The Balaban J connectivity index is 1.64. The number of amides is 6. The molecule has 1 aliphatic rings. The van der Waals surface area contributed by atoms with E-state index >= 15 is 0 Å². The number of aliphatic hydroxyl groups excluding tert-OH is 1. The number of likely N-dealkylation sites (tertiary alicyclic amines) is 1. The number of likely N-dealkylation sites (N-methyl/N-ethyl adjacent to an activating group) is 2. The summed E-state index contributed by atoms with van der Waals surface area (Å²) in [6.07, 6.45) is -0.953. The summed E-state index contributed by atoms with van der Waals surface area (Å²) in [5.41, 5.74) is 1.98. The lowest BCUT2D eigenvalue weighted by Gasteiger charge is -2.39. The third-order valence-corrected chi connectivity index (χ3v) is 11.9. The summed E-state index contributed by atoms with van der Waals surface area (Å²) in [6.45, 7) is 12.5. The predicted octanol–water partition coefficient (Wildman–Crippen LogP) is 4.51. The first-order valence-corrected chi connectivity index (χ1v) is 21.5. The van der Waals surface area contributed by atoms with E-state index in [0.29, 0.717) is 36.2 Å². The Morgan fingerprint density at radius 2 is 1.53 bits per heavy atom. The van der Waals surface area contributed by atoms with Gasteiger partial charge in [0.1, 0.15) is 12.6 Å². The average molecular weight is 867 g/mol. The third kappa shape index (κ3) is 14.0. The zero-order valence-corrected chi connectivity index (χ0v) is 38.4. The summed E-state index contributed by atoms with van der Waals surface area (Å²) in [5.74, 6) is -2.69. The molecule has 62 heavy (non-hydrogen) atoms. The molecule has 2 aromatic carbocycles. The van der Waals surface area contributed by atoms with Crippen LogP contribution in [0, 0.1) is 17.8 Å². The maximum absolute atomic E-state index is 14.2. The van der Waals surface area contributed by atoms with Crippen molar-refractivity contribution in [2.45, 2.75) is 123 Å². The number of ether oxygens (including phenoxy) is 3. The minimum atomic E-state index is -0.945. The Hall–Kier alpha value is -5.06. The number of carbonyl (C=O) groups is 6. The molecule has 1 saturated heterocycles. The number of anilines is 1. The van der Waals surface area contributed by atoms with E-state index in [1.54, 1.807) is 76.0 Å². The number of benzene rings is 2. The normalized spacial score (nSPS) is 17.7. The Bertz CT molecular complexity index is 1780. The molecule has 16 nitrogen and oxygen atoms in total. The summed E-state index contributed by atoms with van der Waals surface area (Å²) < 4.78 is 17.3.